The summed E-state index contributed by atoms with van der Waals surface area (Å²) in [6.45, 7) is 1.57. The lowest BCUT2D eigenvalue weighted by atomic mass is 10.1. The fraction of sp³-hybridized carbons (Fsp3) is 0.111. The second kappa shape index (κ2) is 5.75. The number of nitrogens with zero attached hydrogens (tertiary/aromatic N) is 1. The first-order valence-electron chi connectivity index (χ1n) is 6.83. The molecule has 0 aliphatic rings. The first-order chi connectivity index (χ1) is 10.2. The molecule has 0 aliphatic carbocycles. The molecule has 0 radical (unpaired) electrons. The average Bonchev–Trinajstić information content (AvgIpc) is 2.48. The van der Waals surface area contributed by atoms with Crippen LogP contribution in [0.15, 0.2) is 60.7 Å². The third-order valence-electron chi connectivity index (χ3n) is 3.13. The van der Waals surface area contributed by atoms with Gasteiger partial charge in [0, 0.05) is 17.5 Å². The van der Waals surface area contributed by atoms with Crippen molar-refractivity contribution in [3.63, 3.8) is 0 Å². The Bertz CT molecular complexity index is 782. The van der Waals surface area contributed by atoms with Crippen molar-refractivity contribution in [3.05, 3.63) is 66.4 Å². The van der Waals surface area contributed by atoms with Crippen molar-refractivity contribution in [2.45, 2.75) is 13.3 Å². The number of pyridine rings is 1. The summed E-state index contributed by atoms with van der Waals surface area (Å²) < 4.78 is 5.80. The van der Waals surface area contributed by atoms with Gasteiger partial charge in [-0.05, 0) is 43.3 Å². The van der Waals surface area contributed by atoms with Crippen LogP contribution >= 0.6 is 0 Å². The second-order valence-corrected chi connectivity index (χ2v) is 4.95. The number of hydrogen-bond acceptors (Lipinski definition) is 3. The summed E-state index contributed by atoms with van der Waals surface area (Å²) in [6, 6.07) is 19.3. The molecule has 1 heterocycles. The number of benzene rings is 2. The lowest BCUT2D eigenvalue weighted by molar-refractivity contribution is -0.116. The van der Waals surface area contributed by atoms with Crippen molar-refractivity contribution in [1.29, 1.82) is 0 Å². The summed E-state index contributed by atoms with van der Waals surface area (Å²) in [5, 5.41) is 0.996. The van der Waals surface area contributed by atoms with E-state index < -0.39 is 0 Å². The third-order valence-corrected chi connectivity index (χ3v) is 3.13. The van der Waals surface area contributed by atoms with E-state index in [4.69, 9.17) is 4.74 Å². The number of Topliss-reactive ketones (excluding diaryl/α,β-unsaturated/α-hetero) is 1. The van der Waals surface area contributed by atoms with Crippen LogP contribution in [-0.4, -0.2) is 10.8 Å². The van der Waals surface area contributed by atoms with Crippen molar-refractivity contribution < 1.29 is 9.53 Å². The van der Waals surface area contributed by atoms with Crippen LogP contribution in [0, 0.1) is 0 Å². The van der Waals surface area contributed by atoms with Gasteiger partial charge in [-0.3, -0.25) is 9.78 Å². The molecule has 0 spiro atoms. The molecule has 21 heavy (non-hydrogen) atoms. The summed E-state index contributed by atoms with van der Waals surface area (Å²) in [4.78, 5) is 15.6. The summed E-state index contributed by atoms with van der Waals surface area (Å²) >= 11 is 0. The molecule has 104 valence electrons. The molecule has 0 fully saturated rings. The lowest BCUT2D eigenvalue weighted by Crippen LogP contribution is -1.99. The number of ether oxygens (including phenoxy) is 1. The zero-order valence-electron chi connectivity index (χ0n) is 11.7. The molecular weight excluding hydrogens is 262 g/mol. The number of carbonyl (C=O) groups is 1. The topological polar surface area (TPSA) is 39.2 Å². The molecule has 3 rings (SSSR count). The average molecular weight is 277 g/mol. The maximum Gasteiger partial charge on any atom is 0.135 e. The Morgan fingerprint density at radius 2 is 1.81 bits per heavy atom. The van der Waals surface area contributed by atoms with E-state index in [1.54, 1.807) is 6.92 Å². The van der Waals surface area contributed by atoms with Gasteiger partial charge in [-0.2, -0.15) is 0 Å². The van der Waals surface area contributed by atoms with E-state index in [0.29, 0.717) is 6.42 Å². The van der Waals surface area contributed by atoms with Gasteiger partial charge < -0.3 is 4.74 Å². The summed E-state index contributed by atoms with van der Waals surface area (Å²) in [5.74, 6) is 1.69. The Morgan fingerprint density at radius 3 is 2.57 bits per heavy atom. The standard InChI is InChI=1S/C18H15NO2/c1-13(20)11-15-8-7-14-12-17(9-10-18(14)19-15)21-16-5-3-2-4-6-16/h2-10,12H,11H2,1H3. The molecule has 2 aromatic carbocycles. The van der Waals surface area contributed by atoms with Gasteiger partial charge in [-0.15, -0.1) is 0 Å². The molecule has 0 unspecified atom stereocenters. The molecule has 1 aromatic heterocycles. The first kappa shape index (κ1) is 13.3. The van der Waals surface area contributed by atoms with Crippen molar-refractivity contribution in [2.75, 3.05) is 0 Å². The molecule has 3 aromatic rings. The van der Waals surface area contributed by atoms with E-state index in [-0.39, 0.29) is 5.78 Å². The molecular formula is C18H15NO2. The van der Waals surface area contributed by atoms with Crippen LogP contribution in [0.4, 0.5) is 0 Å². The van der Waals surface area contributed by atoms with E-state index >= 15 is 0 Å². The van der Waals surface area contributed by atoms with Crippen LogP contribution in [0.1, 0.15) is 12.6 Å². The highest BCUT2D eigenvalue weighted by atomic mass is 16.5. The Hall–Kier alpha value is -2.68. The number of ketones is 1. The molecule has 0 bridgehead atoms. The fourth-order valence-electron chi connectivity index (χ4n) is 2.19. The Kier molecular flexibility index (Phi) is 3.65. The summed E-state index contributed by atoms with van der Waals surface area (Å²) in [6.07, 6.45) is 0.373. The van der Waals surface area contributed by atoms with E-state index in [2.05, 4.69) is 4.98 Å². The molecule has 0 aliphatic heterocycles. The van der Waals surface area contributed by atoms with Crippen LogP contribution in [0.5, 0.6) is 11.5 Å². The molecule has 3 heteroatoms. The van der Waals surface area contributed by atoms with Gasteiger partial charge in [0.2, 0.25) is 0 Å². The zero-order valence-corrected chi connectivity index (χ0v) is 11.7. The van der Waals surface area contributed by atoms with Crippen molar-refractivity contribution >= 4 is 16.7 Å². The lowest BCUT2D eigenvalue weighted by Gasteiger charge is -2.07. The molecule has 0 amide bonds. The summed E-state index contributed by atoms with van der Waals surface area (Å²) in [5.41, 5.74) is 1.67. The van der Waals surface area contributed by atoms with Gasteiger partial charge in [-0.25, -0.2) is 0 Å². The maximum absolute atomic E-state index is 11.1. The van der Waals surface area contributed by atoms with Gasteiger partial charge in [0.1, 0.15) is 17.3 Å². The summed E-state index contributed by atoms with van der Waals surface area (Å²) in [7, 11) is 0. The van der Waals surface area contributed by atoms with Crippen LogP contribution in [0.2, 0.25) is 0 Å². The van der Waals surface area contributed by atoms with Crippen LogP contribution in [0.25, 0.3) is 10.9 Å². The van der Waals surface area contributed by atoms with E-state index in [0.717, 1.165) is 28.1 Å². The second-order valence-electron chi connectivity index (χ2n) is 4.95. The van der Waals surface area contributed by atoms with Crippen LogP contribution in [-0.2, 0) is 11.2 Å². The fourth-order valence-corrected chi connectivity index (χ4v) is 2.19. The monoisotopic (exact) mass is 277 g/mol. The highest BCUT2D eigenvalue weighted by Crippen LogP contribution is 2.25. The highest BCUT2D eigenvalue weighted by molar-refractivity contribution is 5.82. The van der Waals surface area contributed by atoms with Gasteiger partial charge >= 0.3 is 0 Å². The number of hydrogen-bond donors (Lipinski definition) is 0. The normalized spacial score (nSPS) is 10.5. The van der Waals surface area contributed by atoms with E-state index in [9.17, 15) is 4.79 Å². The predicted octanol–water partition coefficient (Wildman–Crippen LogP) is 4.16. The maximum atomic E-state index is 11.1. The van der Waals surface area contributed by atoms with Crippen molar-refractivity contribution in [3.8, 4) is 11.5 Å². The number of para-hydroxylation sites is 1. The number of aromatic nitrogens is 1. The number of rotatable bonds is 4. The van der Waals surface area contributed by atoms with Crippen LogP contribution < -0.4 is 4.74 Å². The first-order valence-corrected chi connectivity index (χ1v) is 6.83. The SMILES string of the molecule is CC(=O)Cc1ccc2cc(Oc3ccccc3)ccc2n1. The van der Waals surface area contributed by atoms with E-state index in [1.807, 2.05) is 60.7 Å². The Balaban J connectivity index is 1.88. The van der Waals surface area contributed by atoms with Crippen molar-refractivity contribution in [2.24, 2.45) is 0 Å². The molecule has 0 saturated carbocycles. The van der Waals surface area contributed by atoms with Gasteiger partial charge in [0.25, 0.3) is 0 Å². The quantitative estimate of drug-likeness (QED) is 0.719. The minimum absolute atomic E-state index is 0.117. The van der Waals surface area contributed by atoms with E-state index in [1.165, 1.54) is 0 Å². The van der Waals surface area contributed by atoms with Gasteiger partial charge in [0.05, 0.1) is 5.52 Å². The highest BCUT2D eigenvalue weighted by Gasteiger charge is 2.03. The molecule has 0 saturated heterocycles. The Morgan fingerprint density at radius 1 is 1.00 bits per heavy atom. The Labute approximate surface area is 123 Å². The number of fused-ring (bicyclic) bond motifs is 1. The van der Waals surface area contributed by atoms with Crippen LogP contribution in [0.3, 0.4) is 0 Å². The van der Waals surface area contributed by atoms with Gasteiger partial charge in [0.15, 0.2) is 0 Å². The minimum atomic E-state index is 0.117. The zero-order chi connectivity index (χ0) is 14.7. The predicted molar refractivity (Wildman–Crippen MR) is 82.6 cm³/mol. The van der Waals surface area contributed by atoms with Gasteiger partial charge in [-0.1, -0.05) is 24.3 Å². The smallest absolute Gasteiger partial charge is 0.135 e. The number of carbonyl (C=O) groups excluding carboxylic acids is 1. The molecule has 0 N–H and O–H groups in total. The third kappa shape index (κ3) is 3.26. The minimum Gasteiger partial charge on any atom is -0.457 e. The van der Waals surface area contributed by atoms with Crippen molar-refractivity contribution in [1.82, 2.24) is 4.98 Å². The molecule has 0 atom stereocenters. The largest absolute Gasteiger partial charge is 0.457 e. The molecule has 3 nitrogen and oxygen atoms in total.